The molecule has 2 unspecified atom stereocenters. The number of rotatable bonds is 9. The van der Waals surface area contributed by atoms with Crippen LogP contribution in [0.15, 0.2) is 46.6 Å². The fraction of sp³-hybridized carbons (Fsp3) is 0.667. The van der Waals surface area contributed by atoms with Crippen molar-refractivity contribution in [2.75, 3.05) is 53.0 Å². The number of nitrogens with two attached hydrogens (primary N) is 2. The number of hydrazine groups is 1. The number of alkyl halides is 9. The van der Waals surface area contributed by atoms with E-state index in [0.717, 1.165) is 37.5 Å². The standard InChI is InChI=1S/C30H39F9N6O.C4H9NO.C2H6/c1-4-26(44-11-9-20(10-12-44)18(2)46)25-8-7-22(28(31,32)33)6-5-21(25)17-45(27(40)42-43(3)41)16-19-13-23(29(34,35)36)15-24(14-19)30(37,38)39;1-3-6-4-2-5-1;1-2/h7-8,13-15,20-21,26H,4-6,9-12,16-17,41H2,1-3H3,(H2,40,42);5H,1-4H2;1-2H3. The molecule has 2 saturated heterocycles. The number of likely N-dealkylation sites (tertiary alicyclic amines) is 1. The topological polar surface area (TPSA) is 112 Å². The monoisotopic (exact) mass is 787 g/mol. The Morgan fingerprint density at radius 3 is 1.91 bits per heavy atom. The highest BCUT2D eigenvalue weighted by Crippen LogP contribution is 2.39. The molecule has 1 aromatic carbocycles. The number of hydrogen-bond donors (Lipinski definition) is 3. The van der Waals surface area contributed by atoms with Gasteiger partial charge < -0.3 is 20.7 Å². The van der Waals surface area contributed by atoms with Crippen molar-refractivity contribution < 1.29 is 49.0 Å². The number of ether oxygens (including phenoxy) is 1. The fourth-order valence-electron chi connectivity index (χ4n) is 6.63. The highest BCUT2D eigenvalue weighted by atomic mass is 19.4. The lowest BCUT2D eigenvalue weighted by Gasteiger charge is -2.40. The molecule has 308 valence electrons. The number of carbonyl (C=O) groups is 1. The zero-order valence-corrected chi connectivity index (χ0v) is 31.5. The second-order valence-electron chi connectivity index (χ2n) is 13.1. The fourth-order valence-corrected chi connectivity index (χ4v) is 6.63. The Morgan fingerprint density at radius 2 is 1.50 bits per heavy atom. The van der Waals surface area contributed by atoms with Crippen molar-refractivity contribution in [3.63, 3.8) is 0 Å². The SMILES string of the molecule is C1COCCN1.CC.CCC(C1=CC=C(C(F)(F)F)CCC1CN(Cc1cc(C(F)(F)F)cc(C(F)(F)F)c1)/C(N)=N/N(C)N)N1CCC(C(C)=O)CC1. The van der Waals surface area contributed by atoms with E-state index >= 15 is 0 Å². The van der Waals surface area contributed by atoms with Gasteiger partial charge in [0.05, 0.1) is 24.3 Å². The minimum atomic E-state index is -5.08. The molecule has 0 spiro atoms. The molecular weight excluding hydrogens is 733 g/mol. The van der Waals surface area contributed by atoms with Crippen molar-refractivity contribution >= 4 is 11.7 Å². The van der Waals surface area contributed by atoms with E-state index in [0.29, 0.717) is 50.1 Å². The van der Waals surface area contributed by atoms with Gasteiger partial charge in [0.1, 0.15) is 5.78 Å². The van der Waals surface area contributed by atoms with E-state index in [2.05, 4.69) is 15.3 Å². The van der Waals surface area contributed by atoms with Gasteiger partial charge in [-0.3, -0.25) is 9.69 Å². The van der Waals surface area contributed by atoms with Crippen LogP contribution in [-0.2, 0) is 28.4 Å². The third-order valence-corrected chi connectivity index (χ3v) is 9.28. The van der Waals surface area contributed by atoms with Crippen molar-refractivity contribution in [1.29, 1.82) is 0 Å². The molecule has 3 aliphatic rings. The van der Waals surface area contributed by atoms with Crippen LogP contribution < -0.4 is 16.9 Å². The predicted octanol–water partition coefficient (Wildman–Crippen LogP) is 7.10. The van der Waals surface area contributed by atoms with Crippen LogP contribution in [0.1, 0.15) is 76.5 Å². The highest BCUT2D eigenvalue weighted by Gasteiger charge is 2.39. The molecule has 2 aliphatic heterocycles. The lowest BCUT2D eigenvalue weighted by molar-refractivity contribution is -0.143. The zero-order chi connectivity index (χ0) is 40.9. The molecule has 5 N–H and O–H groups in total. The van der Waals surface area contributed by atoms with Gasteiger partial charge in [0, 0.05) is 50.8 Å². The summed E-state index contributed by atoms with van der Waals surface area (Å²) in [7, 11) is 1.30. The van der Waals surface area contributed by atoms with E-state index in [-0.39, 0.29) is 54.7 Å². The molecule has 2 fully saturated rings. The summed E-state index contributed by atoms with van der Waals surface area (Å²) in [6, 6.07) is 0.812. The van der Waals surface area contributed by atoms with Gasteiger partial charge in [-0.2, -0.15) is 39.5 Å². The van der Waals surface area contributed by atoms with Crippen molar-refractivity contribution in [3.05, 3.63) is 58.2 Å². The Labute approximate surface area is 311 Å². The van der Waals surface area contributed by atoms with Crippen LogP contribution in [0.5, 0.6) is 0 Å². The van der Waals surface area contributed by atoms with Crippen molar-refractivity contribution in [3.8, 4) is 0 Å². The number of halogens is 9. The predicted molar refractivity (Wildman–Crippen MR) is 189 cm³/mol. The summed E-state index contributed by atoms with van der Waals surface area (Å²) in [6.45, 7) is 11.5. The van der Waals surface area contributed by atoms with Gasteiger partial charge in [-0.25, -0.2) is 11.0 Å². The second kappa shape index (κ2) is 21.1. The normalized spacial score (nSPS) is 19.9. The number of nitrogens with one attached hydrogen (secondary N) is 1. The largest absolute Gasteiger partial charge is 0.416 e. The smallest absolute Gasteiger partial charge is 0.379 e. The lowest BCUT2D eigenvalue weighted by Crippen LogP contribution is -2.47. The quantitative estimate of drug-likeness (QED) is 0.0800. The molecule has 9 nitrogen and oxygen atoms in total. The molecule has 0 bridgehead atoms. The van der Waals surface area contributed by atoms with Crippen LogP contribution in [0.2, 0.25) is 0 Å². The Hall–Kier alpha value is -3.35. The highest BCUT2D eigenvalue weighted by molar-refractivity contribution is 5.78. The average Bonchev–Trinajstić information content (AvgIpc) is 3.32. The summed E-state index contributed by atoms with van der Waals surface area (Å²) in [5.74, 6) is 4.55. The van der Waals surface area contributed by atoms with Crippen molar-refractivity contribution in [2.24, 2.45) is 28.5 Å². The first-order valence-corrected chi connectivity index (χ1v) is 18.1. The Morgan fingerprint density at radius 1 is 0.944 bits per heavy atom. The maximum Gasteiger partial charge on any atom is 0.416 e. The van der Waals surface area contributed by atoms with Gasteiger partial charge >= 0.3 is 18.5 Å². The summed E-state index contributed by atoms with van der Waals surface area (Å²) >= 11 is 0. The minimum Gasteiger partial charge on any atom is -0.379 e. The number of morpholine rings is 1. The van der Waals surface area contributed by atoms with Crippen LogP contribution >= 0.6 is 0 Å². The molecule has 2 atom stereocenters. The molecule has 1 aliphatic carbocycles. The third-order valence-electron chi connectivity index (χ3n) is 9.28. The van der Waals surface area contributed by atoms with Crippen LogP contribution in [0.25, 0.3) is 0 Å². The van der Waals surface area contributed by atoms with Gasteiger partial charge in [0.25, 0.3) is 0 Å². The summed E-state index contributed by atoms with van der Waals surface area (Å²) in [5.41, 5.74) is 2.60. The second-order valence-corrected chi connectivity index (χ2v) is 13.1. The Balaban J connectivity index is 0.00000113. The zero-order valence-electron chi connectivity index (χ0n) is 31.5. The van der Waals surface area contributed by atoms with Crippen LogP contribution in [0, 0.1) is 11.8 Å². The molecule has 0 amide bonds. The average molecular weight is 788 g/mol. The van der Waals surface area contributed by atoms with Crippen LogP contribution in [0.3, 0.4) is 0 Å². The summed E-state index contributed by atoms with van der Waals surface area (Å²) in [5, 5.41) is 7.86. The number of nitrogens with zero attached hydrogens (tertiary/aromatic N) is 4. The number of hydrazone groups is 1. The maximum absolute atomic E-state index is 13.8. The first-order valence-electron chi connectivity index (χ1n) is 18.1. The number of piperidine rings is 1. The molecule has 0 aromatic heterocycles. The molecule has 0 radical (unpaired) electrons. The number of benzene rings is 1. The molecule has 18 heteroatoms. The first-order chi connectivity index (χ1) is 25.2. The van der Waals surface area contributed by atoms with Gasteiger partial charge in [-0.15, -0.1) is 5.10 Å². The summed E-state index contributed by atoms with van der Waals surface area (Å²) < 4.78 is 128. The molecule has 54 heavy (non-hydrogen) atoms. The Bertz CT molecular complexity index is 1370. The van der Waals surface area contributed by atoms with E-state index in [9.17, 15) is 44.3 Å². The van der Waals surface area contributed by atoms with E-state index in [4.69, 9.17) is 16.3 Å². The molecule has 1 aromatic rings. The minimum absolute atomic E-state index is 0.0105. The van der Waals surface area contributed by atoms with Crippen LogP contribution in [0.4, 0.5) is 39.5 Å². The van der Waals surface area contributed by atoms with Gasteiger partial charge in [0.2, 0.25) is 5.96 Å². The maximum atomic E-state index is 13.8. The number of Topliss-reactive ketones (excluding diaryl/α,β-unsaturated/α-hetero) is 1. The van der Waals surface area contributed by atoms with Gasteiger partial charge in [0.15, 0.2) is 0 Å². The summed E-state index contributed by atoms with van der Waals surface area (Å²) in [4.78, 5) is 15.3. The van der Waals surface area contributed by atoms with E-state index in [1.807, 2.05) is 20.8 Å². The Kier molecular flexibility index (Phi) is 18.3. The summed E-state index contributed by atoms with van der Waals surface area (Å²) in [6.07, 6.45) is -11.1. The number of hydrogen-bond acceptors (Lipinski definition) is 7. The first kappa shape index (κ1) is 46.8. The number of ketones is 1. The van der Waals surface area contributed by atoms with Crippen molar-refractivity contribution in [2.45, 2.75) is 90.9 Å². The van der Waals surface area contributed by atoms with Crippen molar-refractivity contribution in [1.82, 2.24) is 20.2 Å². The number of carbonyl (C=O) groups excluding carboxylic acids is 1. The van der Waals surface area contributed by atoms with Crippen LogP contribution in [-0.4, -0.2) is 91.9 Å². The molecule has 2 heterocycles. The van der Waals surface area contributed by atoms with E-state index in [1.54, 1.807) is 0 Å². The number of guanidine groups is 1. The number of allylic oxidation sites excluding steroid dienone is 3. The molecular formula is C36H54F9N7O2. The van der Waals surface area contributed by atoms with E-state index in [1.165, 1.54) is 24.9 Å². The van der Waals surface area contributed by atoms with Gasteiger partial charge in [-0.1, -0.05) is 32.9 Å². The van der Waals surface area contributed by atoms with Gasteiger partial charge in [-0.05, 0) is 87.4 Å². The molecule has 0 saturated carbocycles. The third kappa shape index (κ3) is 14.7. The lowest BCUT2D eigenvalue weighted by atomic mass is 9.84. The van der Waals surface area contributed by atoms with E-state index < -0.39 is 47.7 Å². The molecule has 4 rings (SSSR count).